The fourth-order valence-corrected chi connectivity index (χ4v) is 2.89. The molecule has 2 heteroatoms. The lowest BCUT2D eigenvalue weighted by atomic mass is 10.5. The van der Waals surface area contributed by atoms with E-state index >= 15 is 0 Å². The van der Waals surface area contributed by atoms with Gasteiger partial charge < -0.3 is 0 Å². The Morgan fingerprint density at radius 2 is 2.31 bits per heavy atom. The molecule has 0 bridgehead atoms. The third kappa shape index (κ3) is 3.75. The highest BCUT2D eigenvalue weighted by molar-refractivity contribution is 8.79. The molecule has 0 saturated carbocycles. The summed E-state index contributed by atoms with van der Waals surface area (Å²) < 4.78 is 0. The minimum Gasteiger partial charge on any atom is -0.0990 e. The summed E-state index contributed by atoms with van der Waals surface area (Å²) in [4.78, 5) is 2.46. The Morgan fingerprint density at radius 3 is 2.85 bits per heavy atom. The second-order valence-electron chi connectivity index (χ2n) is 2.42. The van der Waals surface area contributed by atoms with Crippen molar-refractivity contribution in [1.82, 2.24) is 0 Å². The van der Waals surface area contributed by atoms with Gasteiger partial charge in [0.1, 0.15) is 0 Å². The second-order valence-corrected chi connectivity index (χ2v) is 4.70. The zero-order chi connectivity index (χ0) is 9.52. The van der Waals surface area contributed by atoms with Gasteiger partial charge in [-0.15, -0.1) is 0 Å². The van der Waals surface area contributed by atoms with E-state index in [2.05, 4.69) is 31.4 Å². The van der Waals surface area contributed by atoms with Crippen LogP contribution in [-0.2, 0) is 0 Å². The monoisotopic (exact) mass is 208 g/mol. The normalized spacial score (nSPS) is 15.7. The highest BCUT2D eigenvalue weighted by atomic mass is 33.1. The first-order chi connectivity index (χ1) is 6.36. The van der Waals surface area contributed by atoms with Crippen molar-refractivity contribution in [2.24, 2.45) is 0 Å². The molecular formula is C11H12S2. The van der Waals surface area contributed by atoms with Crippen LogP contribution in [-0.4, -0.2) is 0 Å². The Morgan fingerprint density at radius 1 is 1.46 bits per heavy atom. The highest BCUT2D eigenvalue weighted by Gasteiger charge is 1.99. The molecule has 0 saturated heterocycles. The van der Waals surface area contributed by atoms with Crippen LogP contribution in [0.5, 0.6) is 0 Å². The summed E-state index contributed by atoms with van der Waals surface area (Å²) in [6, 6.07) is 0. The van der Waals surface area contributed by atoms with Gasteiger partial charge in [-0.05, 0) is 12.5 Å². The summed E-state index contributed by atoms with van der Waals surface area (Å²) in [6.45, 7) is 7.39. The fourth-order valence-electron chi connectivity index (χ4n) is 0.840. The van der Waals surface area contributed by atoms with E-state index in [0.29, 0.717) is 0 Å². The maximum atomic E-state index is 3.74. The summed E-state index contributed by atoms with van der Waals surface area (Å²) in [5, 5.41) is 0. The summed E-state index contributed by atoms with van der Waals surface area (Å²) in [7, 11) is 3.47. The van der Waals surface area contributed by atoms with Gasteiger partial charge in [0, 0.05) is 9.81 Å². The van der Waals surface area contributed by atoms with Crippen molar-refractivity contribution < 1.29 is 0 Å². The van der Waals surface area contributed by atoms with Gasteiger partial charge in [-0.3, -0.25) is 0 Å². The van der Waals surface area contributed by atoms with Crippen molar-refractivity contribution >= 4 is 21.6 Å². The van der Waals surface area contributed by atoms with E-state index < -0.39 is 0 Å². The van der Waals surface area contributed by atoms with Crippen molar-refractivity contribution in [2.75, 3.05) is 0 Å². The summed E-state index contributed by atoms with van der Waals surface area (Å²) in [5.74, 6) is 0. The third-order valence-corrected chi connectivity index (χ3v) is 3.93. The average molecular weight is 208 g/mol. The van der Waals surface area contributed by atoms with E-state index in [-0.39, 0.29) is 0 Å². The van der Waals surface area contributed by atoms with Crippen molar-refractivity contribution in [1.29, 1.82) is 0 Å². The van der Waals surface area contributed by atoms with Crippen LogP contribution in [0.15, 0.2) is 59.4 Å². The predicted octanol–water partition coefficient (Wildman–Crippen LogP) is 4.47. The van der Waals surface area contributed by atoms with Gasteiger partial charge in [0.05, 0.1) is 0 Å². The number of rotatable bonds is 5. The van der Waals surface area contributed by atoms with Crippen LogP contribution in [0.4, 0.5) is 0 Å². The molecule has 0 heterocycles. The molecule has 0 radical (unpaired) electrons. The van der Waals surface area contributed by atoms with Crippen LogP contribution in [0.25, 0.3) is 0 Å². The van der Waals surface area contributed by atoms with E-state index in [9.17, 15) is 0 Å². The lowest BCUT2D eigenvalue weighted by Crippen LogP contribution is -1.65. The molecule has 1 aliphatic rings. The maximum Gasteiger partial charge on any atom is 0.0180 e. The van der Waals surface area contributed by atoms with Crippen molar-refractivity contribution in [2.45, 2.75) is 6.42 Å². The largest absolute Gasteiger partial charge is 0.0990 e. The summed E-state index contributed by atoms with van der Waals surface area (Å²) >= 11 is 0. The minimum atomic E-state index is 1.07. The third-order valence-electron chi connectivity index (χ3n) is 1.45. The zero-order valence-electron chi connectivity index (χ0n) is 7.40. The topological polar surface area (TPSA) is 0 Å². The first-order valence-corrected chi connectivity index (χ1v) is 6.18. The number of allylic oxidation sites excluding steroid dienone is 6. The standard InChI is InChI=1S/C11H12S2/c1-3-7-10(4-2)12-13-11-8-5-6-9-11/h3-5,7-9H,1-2,6H2/b10-7+. The molecule has 0 amide bonds. The molecule has 0 aromatic heterocycles. The zero-order valence-corrected chi connectivity index (χ0v) is 9.03. The van der Waals surface area contributed by atoms with Crippen molar-refractivity contribution in [3.63, 3.8) is 0 Å². The van der Waals surface area contributed by atoms with E-state index in [1.54, 1.807) is 27.7 Å². The summed E-state index contributed by atoms with van der Waals surface area (Å²) in [6.07, 6.45) is 13.2. The smallest absolute Gasteiger partial charge is 0.0180 e. The van der Waals surface area contributed by atoms with Gasteiger partial charge in [0.15, 0.2) is 0 Å². The van der Waals surface area contributed by atoms with Crippen LogP contribution >= 0.6 is 21.6 Å². The van der Waals surface area contributed by atoms with E-state index in [1.165, 1.54) is 4.91 Å². The first kappa shape index (κ1) is 10.5. The molecule has 0 atom stereocenters. The van der Waals surface area contributed by atoms with Crippen LogP contribution in [0.1, 0.15) is 6.42 Å². The van der Waals surface area contributed by atoms with Gasteiger partial charge >= 0.3 is 0 Å². The van der Waals surface area contributed by atoms with Gasteiger partial charge in [0.2, 0.25) is 0 Å². The quantitative estimate of drug-likeness (QED) is 0.483. The fraction of sp³-hybridized carbons (Fsp3) is 0.0909. The molecule has 68 valence electrons. The number of hydrogen-bond donors (Lipinski definition) is 0. The number of hydrogen-bond acceptors (Lipinski definition) is 2. The molecule has 13 heavy (non-hydrogen) atoms. The summed E-state index contributed by atoms with van der Waals surface area (Å²) in [5.41, 5.74) is 0. The van der Waals surface area contributed by atoms with Gasteiger partial charge in [-0.25, -0.2) is 0 Å². The molecule has 0 N–H and O–H groups in total. The molecule has 0 aromatic carbocycles. The van der Waals surface area contributed by atoms with Gasteiger partial charge in [0.25, 0.3) is 0 Å². The Balaban J connectivity index is 2.39. The van der Waals surface area contributed by atoms with E-state index in [4.69, 9.17) is 0 Å². The van der Waals surface area contributed by atoms with Crippen LogP contribution in [0.3, 0.4) is 0 Å². The molecule has 1 aliphatic carbocycles. The van der Waals surface area contributed by atoms with Gasteiger partial charge in [-0.2, -0.15) is 0 Å². The molecule has 0 spiro atoms. The minimum absolute atomic E-state index is 1.07. The molecule has 0 aliphatic heterocycles. The van der Waals surface area contributed by atoms with Gasteiger partial charge in [-0.1, -0.05) is 65.1 Å². The molecular weight excluding hydrogens is 196 g/mol. The molecule has 1 rings (SSSR count). The van der Waals surface area contributed by atoms with Crippen LogP contribution < -0.4 is 0 Å². The van der Waals surface area contributed by atoms with E-state index in [1.807, 2.05) is 12.2 Å². The Labute approximate surface area is 87.6 Å². The first-order valence-electron chi connectivity index (χ1n) is 4.03. The molecule has 0 unspecified atom stereocenters. The second kappa shape index (κ2) is 5.95. The van der Waals surface area contributed by atoms with Crippen molar-refractivity contribution in [3.8, 4) is 0 Å². The highest BCUT2D eigenvalue weighted by Crippen LogP contribution is 2.38. The Hall–Kier alpha value is -0.600. The Kier molecular flexibility index (Phi) is 4.79. The molecule has 0 fully saturated rings. The predicted molar refractivity (Wildman–Crippen MR) is 65.5 cm³/mol. The van der Waals surface area contributed by atoms with Crippen molar-refractivity contribution in [3.05, 3.63) is 59.4 Å². The van der Waals surface area contributed by atoms with Crippen LogP contribution in [0, 0.1) is 0 Å². The molecule has 0 nitrogen and oxygen atoms in total. The van der Waals surface area contributed by atoms with E-state index in [0.717, 1.165) is 11.3 Å². The average Bonchev–Trinajstić information content (AvgIpc) is 2.64. The Bertz CT molecular complexity index is 282. The molecule has 0 aromatic rings. The lowest BCUT2D eigenvalue weighted by molar-refractivity contribution is 1.45. The SMILES string of the molecule is C=C/C=C(\C=C)SSC1=CCC=C1. The lowest BCUT2D eigenvalue weighted by Gasteiger charge is -1.99. The van der Waals surface area contributed by atoms with Crippen LogP contribution in [0.2, 0.25) is 0 Å². The maximum absolute atomic E-state index is 3.74.